The highest BCUT2D eigenvalue weighted by Crippen LogP contribution is 2.30. The second-order valence-electron chi connectivity index (χ2n) is 8.20. The predicted octanol–water partition coefficient (Wildman–Crippen LogP) is 6.27. The fourth-order valence-corrected chi connectivity index (χ4v) is 4.14. The number of carbonyl (C=O) groups excluding carboxylic acids is 1. The second kappa shape index (κ2) is 10.5. The fraction of sp³-hybridized carbons (Fsp3) is 0.259. The number of nitrogens with one attached hydrogen (secondary N) is 1. The lowest BCUT2D eigenvalue weighted by Crippen LogP contribution is -2.32. The molecule has 1 atom stereocenters. The van der Waals surface area contributed by atoms with Crippen LogP contribution in [0.1, 0.15) is 31.7 Å². The summed E-state index contributed by atoms with van der Waals surface area (Å²) in [7, 11) is 0. The summed E-state index contributed by atoms with van der Waals surface area (Å²) in [6.07, 6.45) is 3.10. The SMILES string of the molecule is CC(CCc1ccccc1)NC(=O)CCCn1nc(-c2ccccc2)c2cc(Cl)ccc21. The molecular formula is C27H28ClN3O. The van der Waals surface area contributed by atoms with Crippen molar-refractivity contribution >= 4 is 28.4 Å². The first-order valence-electron chi connectivity index (χ1n) is 11.1. The topological polar surface area (TPSA) is 46.9 Å². The third-order valence-corrected chi connectivity index (χ3v) is 5.88. The van der Waals surface area contributed by atoms with Gasteiger partial charge in [-0.25, -0.2) is 0 Å². The van der Waals surface area contributed by atoms with Crippen LogP contribution in [0.15, 0.2) is 78.9 Å². The number of carbonyl (C=O) groups is 1. The van der Waals surface area contributed by atoms with Gasteiger partial charge in [-0.1, -0.05) is 72.3 Å². The average molecular weight is 446 g/mol. The fourth-order valence-electron chi connectivity index (χ4n) is 3.97. The van der Waals surface area contributed by atoms with E-state index in [-0.39, 0.29) is 11.9 Å². The first-order valence-corrected chi connectivity index (χ1v) is 11.5. The minimum absolute atomic E-state index is 0.0911. The van der Waals surface area contributed by atoms with Gasteiger partial charge >= 0.3 is 0 Å². The van der Waals surface area contributed by atoms with Gasteiger partial charge in [-0.3, -0.25) is 9.48 Å². The molecule has 0 aliphatic rings. The molecule has 0 radical (unpaired) electrons. The summed E-state index contributed by atoms with van der Waals surface area (Å²) < 4.78 is 1.99. The van der Waals surface area contributed by atoms with E-state index in [2.05, 4.69) is 48.6 Å². The molecule has 0 saturated carbocycles. The molecule has 4 rings (SSSR count). The van der Waals surface area contributed by atoms with Crippen LogP contribution in [-0.2, 0) is 17.8 Å². The molecule has 4 aromatic rings. The predicted molar refractivity (Wildman–Crippen MR) is 132 cm³/mol. The number of halogens is 1. The Kier molecular flexibility index (Phi) is 7.23. The molecule has 0 aliphatic heterocycles. The Balaban J connectivity index is 1.34. The number of hydrogen-bond acceptors (Lipinski definition) is 2. The number of amides is 1. The Morgan fingerprint density at radius 1 is 1.03 bits per heavy atom. The van der Waals surface area contributed by atoms with Crippen molar-refractivity contribution in [1.29, 1.82) is 0 Å². The first kappa shape index (κ1) is 22.1. The molecule has 0 saturated heterocycles. The van der Waals surface area contributed by atoms with E-state index in [9.17, 15) is 4.79 Å². The molecule has 5 heteroatoms. The van der Waals surface area contributed by atoms with E-state index in [0.717, 1.165) is 41.4 Å². The third-order valence-electron chi connectivity index (χ3n) is 5.65. The summed E-state index contributed by atoms with van der Waals surface area (Å²) in [4.78, 5) is 12.4. The van der Waals surface area contributed by atoms with Gasteiger partial charge in [0.1, 0.15) is 5.69 Å². The van der Waals surface area contributed by atoms with Crippen molar-refractivity contribution in [2.24, 2.45) is 0 Å². The maximum atomic E-state index is 12.4. The van der Waals surface area contributed by atoms with E-state index in [0.29, 0.717) is 18.0 Å². The van der Waals surface area contributed by atoms with Gasteiger partial charge < -0.3 is 5.32 Å². The summed E-state index contributed by atoms with van der Waals surface area (Å²) >= 11 is 6.26. The summed E-state index contributed by atoms with van der Waals surface area (Å²) in [6.45, 7) is 2.74. The van der Waals surface area contributed by atoms with Crippen LogP contribution in [0, 0.1) is 0 Å². The van der Waals surface area contributed by atoms with Gasteiger partial charge in [0, 0.05) is 35.0 Å². The van der Waals surface area contributed by atoms with E-state index in [1.165, 1.54) is 5.56 Å². The number of aryl methyl sites for hydroxylation is 2. The minimum atomic E-state index is 0.0911. The lowest BCUT2D eigenvalue weighted by atomic mass is 10.1. The summed E-state index contributed by atoms with van der Waals surface area (Å²) in [5.74, 6) is 0.0911. The number of benzene rings is 3. The van der Waals surface area contributed by atoms with Gasteiger partial charge in [0.15, 0.2) is 0 Å². The van der Waals surface area contributed by atoms with E-state index >= 15 is 0 Å². The number of hydrogen-bond donors (Lipinski definition) is 1. The quantitative estimate of drug-likeness (QED) is 0.330. The van der Waals surface area contributed by atoms with Crippen molar-refractivity contribution in [1.82, 2.24) is 15.1 Å². The summed E-state index contributed by atoms with van der Waals surface area (Å²) in [6, 6.07) is 26.5. The molecule has 1 amide bonds. The molecule has 3 aromatic carbocycles. The number of rotatable bonds is 9. The van der Waals surface area contributed by atoms with Crippen LogP contribution in [0.2, 0.25) is 5.02 Å². The summed E-state index contributed by atoms with van der Waals surface area (Å²) in [5.41, 5.74) is 4.31. The van der Waals surface area contributed by atoms with Crippen LogP contribution < -0.4 is 5.32 Å². The van der Waals surface area contributed by atoms with Crippen molar-refractivity contribution in [2.45, 2.75) is 45.2 Å². The molecule has 0 bridgehead atoms. The third kappa shape index (κ3) is 5.57. The molecule has 0 fully saturated rings. The second-order valence-corrected chi connectivity index (χ2v) is 8.63. The van der Waals surface area contributed by atoms with Gasteiger partial charge in [-0.05, 0) is 49.9 Å². The van der Waals surface area contributed by atoms with Gasteiger partial charge in [-0.2, -0.15) is 5.10 Å². The standard InChI is InChI=1S/C27H28ClN3O/c1-20(14-15-21-9-4-2-5-10-21)29-26(32)13-8-18-31-25-17-16-23(28)19-24(25)27(30-31)22-11-6-3-7-12-22/h2-7,9-12,16-17,19-20H,8,13-15,18H2,1H3,(H,29,32). The molecule has 0 aliphatic carbocycles. The zero-order valence-electron chi connectivity index (χ0n) is 18.3. The highest BCUT2D eigenvalue weighted by atomic mass is 35.5. The normalized spacial score (nSPS) is 12.1. The van der Waals surface area contributed by atoms with Crippen LogP contribution in [0.25, 0.3) is 22.2 Å². The summed E-state index contributed by atoms with van der Waals surface area (Å²) in [5, 5.41) is 9.70. The van der Waals surface area contributed by atoms with Gasteiger partial charge in [0.2, 0.25) is 5.91 Å². The van der Waals surface area contributed by atoms with Crippen molar-refractivity contribution in [3.63, 3.8) is 0 Å². The molecular weight excluding hydrogens is 418 g/mol. The Labute approximate surface area is 194 Å². The van der Waals surface area contributed by atoms with Gasteiger partial charge in [0.25, 0.3) is 0 Å². The number of fused-ring (bicyclic) bond motifs is 1. The highest BCUT2D eigenvalue weighted by molar-refractivity contribution is 6.31. The smallest absolute Gasteiger partial charge is 0.220 e. The van der Waals surface area contributed by atoms with Crippen LogP contribution in [0.5, 0.6) is 0 Å². The average Bonchev–Trinajstić information content (AvgIpc) is 3.16. The molecule has 1 unspecified atom stereocenters. The molecule has 1 aromatic heterocycles. The lowest BCUT2D eigenvalue weighted by molar-refractivity contribution is -0.121. The highest BCUT2D eigenvalue weighted by Gasteiger charge is 2.14. The van der Waals surface area contributed by atoms with E-state index < -0.39 is 0 Å². The molecule has 1 N–H and O–H groups in total. The Morgan fingerprint density at radius 2 is 1.75 bits per heavy atom. The van der Waals surface area contributed by atoms with Crippen molar-refractivity contribution in [3.8, 4) is 11.3 Å². The zero-order chi connectivity index (χ0) is 22.3. The van der Waals surface area contributed by atoms with Crippen LogP contribution in [-0.4, -0.2) is 21.7 Å². The Hall–Kier alpha value is -3.11. The molecule has 32 heavy (non-hydrogen) atoms. The largest absolute Gasteiger partial charge is 0.354 e. The van der Waals surface area contributed by atoms with Gasteiger partial charge in [0.05, 0.1) is 5.52 Å². The van der Waals surface area contributed by atoms with E-state index in [4.69, 9.17) is 16.7 Å². The molecule has 0 spiro atoms. The number of nitrogens with zero attached hydrogens (tertiary/aromatic N) is 2. The van der Waals surface area contributed by atoms with Crippen LogP contribution in [0.4, 0.5) is 0 Å². The number of aromatic nitrogens is 2. The van der Waals surface area contributed by atoms with Crippen molar-refractivity contribution in [2.75, 3.05) is 0 Å². The van der Waals surface area contributed by atoms with Gasteiger partial charge in [-0.15, -0.1) is 0 Å². The monoisotopic (exact) mass is 445 g/mol. The maximum Gasteiger partial charge on any atom is 0.220 e. The van der Waals surface area contributed by atoms with Crippen molar-refractivity contribution < 1.29 is 4.79 Å². The van der Waals surface area contributed by atoms with Crippen molar-refractivity contribution in [3.05, 3.63) is 89.4 Å². The van der Waals surface area contributed by atoms with E-state index in [1.54, 1.807) is 0 Å². The van der Waals surface area contributed by atoms with E-state index in [1.807, 2.05) is 47.1 Å². The molecule has 164 valence electrons. The Bertz CT molecular complexity index is 1170. The minimum Gasteiger partial charge on any atom is -0.354 e. The van der Waals surface area contributed by atoms with Crippen LogP contribution in [0.3, 0.4) is 0 Å². The zero-order valence-corrected chi connectivity index (χ0v) is 19.1. The molecule has 4 nitrogen and oxygen atoms in total. The lowest BCUT2D eigenvalue weighted by Gasteiger charge is -2.14. The maximum absolute atomic E-state index is 12.4. The first-order chi connectivity index (χ1) is 15.6. The molecule has 1 heterocycles. The van der Waals surface area contributed by atoms with Crippen LogP contribution >= 0.6 is 11.6 Å². The Morgan fingerprint density at radius 3 is 2.50 bits per heavy atom.